The topological polar surface area (TPSA) is 90.7 Å². The lowest BCUT2D eigenvalue weighted by molar-refractivity contribution is 0.0568. The minimum Gasteiger partial charge on any atom is -0.495 e. The summed E-state index contributed by atoms with van der Waals surface area (Å²) in [5, 5.41) is 0. The van der Waals surface area contributed by atoms with Gasteiger partial charge >= 0.3 is 0 Å². The summed E-state index contributed by atoms with van der Waals surface area (Å²) in [6, 6.07) is 4.55. The second-order valence-corrected chi connectivity index (χ2v) is 6.58. The van der Waals surface area contributed by atoms with Crippen LogP contribution in [-0.2, 0) is 14.8 Å². The van der Waals surface area contributed by atoms with Crippen molar-refractivity contribution in [3.63, 3.8) is 0 Å². The summed E-state index contributed by atoms with van der Waals surface area (Å²) in [6.07, 6.45) is 1.94. The minimum absolute atomic E-state index is 0.0664. The fraction of sp³-hybridized carbons (Fsp3) is 0.538. The predicted molar refractivity (Wildman–Crippen MR) is 76.1 cm³/mol. The fourth-order valence-electron chi connectivity index (χ4n) is 2.18. The molecule has 0 bridgehead atoms. The van der Waals surface area contributed by atoms with Crippen LogP contribution in [-0.4, -0.2) is 35.3 Å². The lowest BCUT2D eigenvalue weighted by atomic mass is 10.0. The van der Waals surface area contributed by atoms with Gasteiger partial charge in [0, 0.05) is 18.8 Å². The first-order chi connectivity index (χ1) is 9.53. The number of hydrogen-bond acceptors (Lipinski definition) is 5. The van der Waals surface area contributed by atoms with Crippen molar-refractivity contribution in [2.45, 2.75) is 17.7 Å². The molecular formula is C13H20N2O4S. The van der Waals surface area contributed by atoms with Gasteiger partial charge in [0.1, 0.15) is 10.6 Å². The Bertz CT molecular complexity index is 553. The van der Waals surface area contributed by atoms with Gasteiger partial charge in [0.15, 0.2) is 0 Å². The van der Waals surface area contributed by atoms with Crippen molar-refractivity contribution in [3.05, 3.63) is 18.2 Å². The van der Waals surface area contributed by atoms with Crippen molar-refractivity contribution in [2.75, 3.05) is 32.6 Å². The van der Waals surface area contributed by atoms with Gasteiger partial charge in [-0.2, -0.15) is 0 Å². The van der Waals surface area contributed by atoms with Crippen LogP contribution in [0.25, 0.3) is 0 Å². The summed E-state index contributed by atoms with van der Waals surface area (Å²) in [4.78, 5) is 0.0664. The Morgan fingerprint density at radius 3 is 2.95 bits per heavy atom. The van der Waals surface area contributed by atoms with Crippen molar-refractivity contribution < 1.29 is 17.9 Å². The summed E-state index contributed by atoms with van der Waals surface area (Å²) in [5.41, 5.74) is 6.03. The predicted octanol–water partition coefficient (Wildman–Crippen LogP) is 0.982. The van der Waals surface area contributed by atoms with Crippen LogP contribution in [0.15, 0.2) is 23.1 Å². The molecule has 1 aromatic carbocycles. The van der Waals surface area contributed by atoms with Crippen molar-refractivity contribution >= 4 is 15.7 Å². The van der Waals surface area contributed by atoms with E-state index in [0.29, 0.717) is 18.8 Å². The maximum absolute atomic E-state index is 12.3. The van der Waals surface area contributed by atoms with Gasteiger partial charge in [0.05, 0.1) is 13.7 Å². The van der Waals surface area contributed by atoms with Gasteiger partial charge in [-0.15, -0.1) is 0 Å². The molecule has 1 heterocycles. The lowest BCUT2D eigenvalue weighted by Gasteiger charge is -2.22. The van der Waals surface area contributed by atoms with Gasteiger partial charge in [-0.05, 0) is 37.0 Å². The highest BCUT2D eigenvalue weighted by Gasteiger charge is 2.22. The van der Waals surface area contributed by atoms with Crippen LogP contribution in [0.3, 0.4) is 0 Å². The van der Waals surface area contributed by atoms with Gasteiger partial charge in [0.2, 0.25) is 10.0 Å². The normalized spacial score (nSPS) is 19.8. The van der Waals surface area contributed by atoms with Gasteiger partial charge in [-0.1, -0.05) is 0 Å². The van der Waals surface area contributed by atoms with E-state index in [1.54, 1.807) is 12.1 Å². The molecule has 1 aliphatic rings. The Labute approximate surface area is 119 Å². The first kappa shape index (κ1) is 15.1. The van der Waals surface area contributed by atoms with E-state index < -0.39 is 10.0 Å². The molecule has 1 fully saturated rings. The number of sulfonamides is 1. The van der Waals surface area contributed by atoms with Crippen molar-refractivity contribution in [1.29, 1.82) is 0 Å². The van der Waals surface area contributed by atoms with Crippen LogP contribution in [0.2, 0.25) is 0 Å². The molecule has 112 valence electrons. The second-order valence-electron chi connectivity index (χ2n) is 4.85. The molecule has 0 saturated carbocycles. The molecule has 0 spiro atoms. The summed E-state index contributed by atoms with van der Waals surface area (Å²) >= 11 is 0. The number of nitrogens with one attached hydrogen (secondary N) is 1. The van der Waals surface area contributed by atoms with Crippen molar-refractivity contribution in [3.8, 4) is 5.75 Å². The molecule has 2 rings (SSSR count). The van der Waals surface area contributed by atoms with Crippen molar-refractivity contribution in [1.82, 2.24) is 4.72 Å². The summed E-state index contributed by atoms with van der Waals surface area (Å²) in [5.74, 6) is 0.497. The zero-order valence-electron chi connectivity index (χ0n) is 11.5. The number of anilines is 1. The average Bonchev–Trinajstić information content (AvgIpc) is 2.46. The maximum Gasteiger partial charge on any atom is 0.244 e. The Morgan fingerprint density at radius 2 is 2.30 bits per heavy atom. The highest BCUT2D eigenvalue weighted by atomic mass is 32.2. The van der Waals surface area contributed by atoms with Crippen LogP contribution in [0.4, 0.5) is 5.69 Å². The van der Waals surface area contributed by atoms with E-state index in [1.807, 2.05) is 0 Å². The molecule has 1 atom stereocenters. The van der Waals surface area contributed by atoms with E-state index in [0.717, 1.165) is 19.4 Å². The standard InChI is InChI=1S/C13H20N2O4S/c1-18-12-5-4-11(14)7-13(12)20(16,17)15-8-10-3-2-6-19-9-10/h4-5,7,10,15H,2-3,6,8-9,14H2,1H3. The van der Waals surface area contributed by atoms with Crippen LogP contribution in [0.5, 0.6) is 5.75 Å². The van der Waals surface area contributed by atoms with E-state index in [1.165, 1.54) is 13.2 Å². The van der Waals surface area contributed by atoms with E-state index in [4.69, 9.17) is 15.2 Å². The quantitative estimate of drug-likeness (QED) is 0.791. The number of ether oxygens (including phenoxy) is 2. The maximum atomic E-state index is 12.3. The fourth-order valence-corrected chi connectivity index (χ4v) is 3.50. The summed E-state index contributed by atoms with van der Waals surface area (Å²) in [7, 11) is -2.21. The molecule has 1 aliphatic heterocycles. The SMILES string of the molecule is COc1ccc(N)cc1S(=O)(=O)NCC1CCCOC1. The molecule has 7 heteroatoms. The van der Waals surface area contributed by atoms with Gasteiger partial charge in [0.25, 0.3) is 0 Å². The van der Waals surface area contributed by atoms with Crippen LogP contribution in [0, 0.1) is 5.92 Å². The molecule has 3 N–H and O–H groups in total. The van der Waals surface area contributed by atoms with Gasteiger partial charge < -0.3 is 15.2 Å². The first-order valence-electron chi connectivity index (χ1n) is 6.54. The second kappa shape index (κ2) is 6.43. The number of nitrogen functional groups attached to an aromatic ring is 1. The number of benzene rings is 1. The number of methoxy groups -OCH3 is 1. The van der Waals surface area contributed by atoms with Crippen LogP contribution >= 0.6 is 0 Å². The van der Waals surface area contributed by atoms with E-state index in [2.05, 4.69) is 4.72 Å². The Kier molecular flexibility index (Phi) is 4.85. The minimum atomic E-state index is -3.64. The third kappa shape index (κ3) is 3.62. The molecule has 0 aliphatic carbocycles. The van der Waals surface area contributed by atoms with Crippen molar-refractivity contribution in [2.24, 2.45) is 5.92 Å². The largest absolute Gasteiger partial charge is 0.495 e. The highest BCUT2D eigenvalue weighted by molar-refractivity contribution is 7.89. The Balaban J connectivity index is 2.11. The van der Waals surface area contributed by atoms with E-state index in [9.17, 15) is 8.42 Å². The highest BCUT2D eigenvalue weighted by Crippen LogP contribution is 2.26. The molecule has 20 heavy (non-hydrogen) atoms. The molecule has 6 nitrogen and oxygen atoms in total. The number of rotatable bonds is 5. The summed E-state index contributed by atoms with van der Waals surface area (Å²) < 4.78 is 37.7. The Morgan fingerprint density at radius 1 is 1.50 bits per heavy atom. The third-order valence-corrected chi connectivity index (χ3v) is 4.74. The Hall–Kier alpha value is -1.31. The van der Waals surface area contributed by atoms with Crippen LogP contribution < -0.4 is 15.2 Å². The molecule has 0 amide bonds. The molecular weight excluding hydrogens is 280 g/mol. The van der Waals surface area contributed by atoms with Crippen LogP contribution in [0.1, 0.15) is 12.8 Å². The number of hydrogen-bond donors (Lipinski definition) is 2. The average molecular weight is 300 g/mol. The lowest BCUT2D eigenvalue weighted by Crippen LogP contribution is -2.33. The number of nitrogens with two attached hydrogens (primary N) is 1. The zero-order valence-corrected chi connectivity index (χ0v) is 12.3. The summed E-state index contributed by atoms with van der Waals surface area (Å²) in [6.45, 7) is 1.71. The van der Waals surface area contributed by atoms with Gasteiger partial charge in [-0.25, -0.2) is 13.1 Å². The monoisotopic (exact) mass is 300 g/mol. The first-order valence-corrected chi connectivity index (χ1v) is 8.02. The molecule has 1 aromatic rings. The molecule has 0 aromatic heterocycles. The third-order valence-electron chi connectivity index (χ3n) is 3.29. The molecule has 1 unspecified atom stereocenters. The van der Waals surface area contributed by atoms with E-state index in [-0.39, 0.29) is 16.6 Å². The smallest absolute Gasteiger partial charge is 0.244 e. The molecule has 0 radical (unpaired) electrons. The van der Waals surface area contributed by atoms with E-state index >= 15 is 0 Å². The zero-order chi connectivity index (χ0) is 14.6. The van der Waals surface area contributed by atoms with Gasteiger partial charge in [-0.3, -0.25) is 0 Å². The molecule has 1 saturated heterocycles.